The Morgan fingerprint density at radius 1 is 1.05 bits per heavy atom. The Balaban J connectivity index is 2.11. The topological polar surface area (TPSA) is 56.8 Å². The molecule has 3 nitrogen and oxygen atoms in total. The maximum Gasteiger partial charge on any atom is 0.159 e. The molecular weight excluding hydrogens is 286 g/mol. The normalized spacial score (nSPS) is 9.45. The zero-order chi connectivity index (χ0) is 15.9. The molecule has 0 fully saturated rings. The van der Waals surface area contributed by atoms with Gasteiger partial charge >= 0.3 is 0 Å². The van der Waals surface area contributed by atoms with Crippen LogP contribution in [-0.2, 0) is 6.61 Å². The van der Waals surface area contributed by atoms with Crippen molar-refractivity contribution in [3.05, 3.63) is 70.8 Å². The van der Waals surface area contributed by atoms with Gasteiger partial charge in [0.05, 0.1) is 0 Å². The molecule has 0 saturated heterocycles. The van der Waals surface area contributed by atoms with E-state index < -0.39 is 11.6 Å². The summed E-state index contributed by atoms with van der Waals surface area (Å²) in [5, 5.41) is 17.4. The van der Waals surface area contributed by atoms with Crippen LogP contribution in [0, 0.1) is 34.3 Å². The highest BCUT2D eigenvalue weighted by Gasteiger charge is 2.03. The van der Waals surface area contributed by atoms with Crippen LogP contribution in [0.2, 0.25) is 0 Å². The van der Waals surface area contributed by atoms with Crippen LogP contribution in [0.3, 0.4) is 0 Å². The molecule has 0 aliphatic heterocycles. The molecule has 0 unspecified atom stereocenters. The molecule has 0 saturated carbocycles. The molecule has 0 spiro atoms. The summed E-state index contributed by atoms with van der Waals surface area (Å²) in [4.78, 5) is 0. The number of ether oxygens (including phenoxy) is 1. The fraction of sp³-hybridized carbons (Fsp3) is 0.0588. The number of hydrogen-bond donors (Lipinski definition) is 0. The van der Waals surface area contributed by atoms with E-state index in [0.717, 1.165) is 12.1 Å². The van der Waals surface area contributed by atoms with Crippen LogP contribution in [0.15, 0.2) is 48.0 Å². The number of nitriles is 2. The molecule has 0 amide bonds. The molecule has 0 bridgehead atoms. The molecular formula is C17H10F2N2O. The Morgan fingerprint density at radius 2 is 1.82 bits per heavy atom. The second kappa shape index (κ2) is 7.01. The predicted molar refractivity (Wildman–Crippen MR) is 76.3 cm³/mol. The third-order valence-corrected chi connectivity index (χ3v) is 2.80. The lowest BCUT2D eigenvalue weighted by Gasteiger charge is -2.07. The van der Waals surface area contributed by atoms with E-state index in [0.29, 0.717) is 16.9 Å². The van der Waals surface area contributed by atoms with E-state index >= 15 is 0 Å². The van der Waals surface area contributed by atoms with Gasteiger partial charge in [0.25, 0.3) is 0 Å². The predicted octanol–water partition coefficient (Wildman–Crippen LogP) is 3.97. The van der Waals surface area contributed by atoms with Crippen molar-refractivity contribution >= 4 is 6.08 Å². The lowest BCUT2D eigenvalue weighted by molar-refractivity contribution is 0.305. The molecule has 5 heteroatoms. The first-order chi connectivity index (χ1) is 10.6. The molecule has 0 radical (unpaired) electrons. The molecule has 22 heavy (non-hydrogen) atoms. The van der Waals surface area contributed by atoms with Crippen molar-refractivity contribution in [2.24, 2.45) is 0 Å². The number of rotatable bonds is 4. The summed E-state index contributed by atoms with van der Waals surface area (Å²) in [6.07, 6.45) is 1.43. The quantitative estimate of drug-likeness (QED) is 0.802. The summed E-state index contributed by atoms with van der Waals surface area (Å²) in [6, 6.07) is 13.9. The van der Waals surface area contributed by atoms with Crippen LogP contribution in [0.5, 0.6) is 5.75 Å². The summed E-state index contributed by atoms with van der Waals surface area (Å²) in [7, 11) is 0. The summed E-state index contributed by atoms with van der Waals surface area (Å²) >= 11 is 0. The van der Waals surface area contributed by atoms with E-state index in [1.165, 1.54) is 12.1 Å². The lowest BCUT2D eigenvalue weighted by atomic mass is 10.1. The van der Waals surface area contributed by atoms with Gasteiger partial charge in [-0.25, -0.2) is 8.78 Å². The summed E-state index contributed by atoms with van der Waals surface area (Å²) in [6.45, 7) is 0.0771. The maximum absolute atomic E-state index is 13.1. The van der Waals surface area contributed by atoms with Crippen LogP contribution < -0.4 is 4.74 Å². The Bertz CT molecular complexity index is 785. The zero-order valence-corrected chi connectivity index (χ0v) is 11.4. The zero-order valence-electron chi connectivity index (χ0n) is 11.4. The molecule has 0 atom stereocenters. The summed E-state index contributed by atoms with van der Waals surface area (Å²) < 4.78 is 31.4. The number of allylic oxidation sites excluding steroid dienone is 1. The van der Waals surface area contributed by atoms with E-state index in [4.69, 9.17) is 15.3 Å². The van der Waals surface area contributed by atoms with Crippen LogP contribution in [0.25, 0.3) is 6.08 Å². The van der Waals surface area contributed by atoms with E-state index in [2.05, 4.69) is 0 Å². The lowest BCUT2D eigenvalue weighted by Crippen LogP contribution is -1.97. The second-order valence-electron chi connectivity index (χ2n) is 4.39. The van der Waals surface area contributed by atoms with Crippen molar-refractivity contribution < 1.29 is 13.5 Å². The first-order valence-corrected chi connectivity index (χ1v) is 6.31. The maximum atomic E-state index is 13.1. The SMILES string of the molecule is N#CC(C#N)=Cc1cccc(OCc2ccc(F)c(F)c2)c1. The van der Waals surface area contributed by atoms with Gasteiger partial charge < -0.3 is 4.74 Å². The molecule has 108 valence electrons. The number of benzene rings is 2. The van der Waals surface area contributed by atoms with Gasteiger partial charge in [-0.05, 0) is 41.5 Å². The fourth-order valence-electron chi connectivity index (χ4n) is 1.75. The average Bonchev–Trinajstić information content (AvgIpc) is 2.54. The van der Waals surface area contributed by atoms with Gasteiger partial charge in [0.15, 0.2) is 11.6 Å². The average molecular weight is 296 g/mol. The van der Waals surface area contributed by atoms with Crippen LogP contribution >= 0.6 is 0 Å². The first-order valence-electron chi connectivity index (χ1n) is 6.31. The van der Waals surface area contributed by atoms with E-state index in [1.807, 2.05) is 0 Å². The van der Waals surface area contributed by atoms with Crippen LogP contribution in [0.1, 0.15) is 11.1 Å². The van der Waals surface area contributed by atoms with E-state index in [1.54, 1.807) is 36.4 Å². The van der Waals surface area contributed by atoms with E-state index in [-0.39, 0.29) is 12.2 Å². The van der Waals surface area contributed by atoms with Gasteiger partial charge in [0.2, 0.25) is 0 Å². The molecule has 2 aromatic carbocycles. The molecule has 0 heterocycles. The van der Waals surface area contributed by atoms with Gasteiger partial charge in [-0.2, -0.15) is 10.5 Å². The largest absolute Gasteiger partial charge is 0.489 e. The Kier molecular flexibility index (Phi) is 4.85. The minimum Gasteiger partial charge on any atom is -0.489 e. The number of hydrogen-bond acceptors (Lipinski definition) is 3. The molecule has 0 aliphatic carbocycles. The smallest absolute Gasteiger partial charge is 0.159 e. The minimum atomic E-state index is -0.925. The molecule has 2 aromatic rings. The van der Waals surface area contributed by atoms with Crippen LogP contribution in [0.4, 0.5) is 8.78 Å². The minimum absolute atomic E-state index is 0.0160. The molecule has 2 rings (SSSR count). The highest BCUT2D eigenvalue weighted by atomic mass is 19.2. The molecule has 0 aromatic heterocycles. The Morgan fingerprint density at radius 3 is 2.50 bits per heavy atom. The van der Waals surface area contributed by atoms with Gasteiger partial charge in [-0.15, -0.1) is 0 Å². The standard InChI is InChI=1S/C17H10F2N2O/c18-16-5-4-13(8-17(16)19)11-22-15-3-1-2-12(7-15)6-14(9-20)10-21/h1-8H,11H2. The Labute approximate surface area is 126 Å². The van der Waals surface area contributed by atoms with Crippen molar-refractivity contribution in [3.63, 3.8) is 0 Å². The van der Waals surface area contributed by atoms with Crippen molar-refractivity contribution in [1.29, 1.82) is 10.5 Å². The van der Waals surface area contributed by atoms with E-state index in [9.17, 15) is 8.78 Å². The number of halogens is 2. The fourth-order valence-corrected chi connectivity index (χ4v) is 1.75. The summed E-state index contributed by atoms with van der Waals surface area (Å²) in [5.74, 6) is -1.34. The van der Waals surface area contributed by atoms with Crippen molar-refractivity contribution in [3.8, 4) is 17.9 Å². The van der Waals surface area contributed by atoms with Gasteiger partial charge in [-0.3, -0.25) is 0 Å². The summed E-state index contributed by atoms with van der Waals surface area (Å²) in [5.41, 5.74) is 1.12. The number of nitrogens with zero attached hydrogens (tertiary/aromatic N) is 2. The highest BCUT2D eigenvalue weighted by molar-refractivity contribution is 5.62. The van der Waals surface area contributed by atoms with Crippen LogP contribution in [-0.4, -0.2) is 0 Å². The third-order valence-electron chi connectivity index (χ3n) is 2.80. The van der Waals surface area contributed by atoms with Gasteiger partial charge in [0.1, 0.15) is 30.1 Å². The molecule has 0 N–H and O–H groups in total. The van der Waals surface area contributed by atoms with Gasteiger partial charge in [-0.1, -0.05) is 18.2 Å². The second-order valence-corrected chi connectivity index (χ2v) is 4.39. The first kappa shape index (κ1) is 15.2. The van der Waals surface area contributed by atoms with Crippen molar-refractivity contribution in [2.45, 2.75) is 6.61 Å². The Hall–Kier alpha value is -3.18. The van der Waals surface area contributed by atoms with Gasteiger partial charge in [0, 0.05) is 0 Å². The highest BCUT2D eigenvalue weighted by Crippen LogP contribution is 2.18. The third kappa shape index (κ3) is 3.91. The monoisotopic (exact) mass is 296 g/mol. The molecule has 0 aliphatic rings. The van der Waals surface area contributed by atoms with Crippen molar-refractivity contribution in [1.82, 2.24) is 0 Å². The van der Waals surface area contributed by atoms with Crippen molar-refractivity contribution in [2.75, 3.05) is 0 Å².